The van der Waals surface area contributed by atoms with Crippen molar-refractivity contribution in [2.45, 2.75) is 20.3 Å². The minimum atomic E-state index is -2.51. The molecule has 4 nitrogen and oxygen atoms in total. The second-order valence-corrected chi connectivity index (χ2v) is 4.90. The highest BCUT2D eigenvalue weighted by atomic mass is 19.3. The number of nitrogens with zero attached hydrogens (tertiary/aromatic N) is 2. The van der Waals surface area contributed by atoms with Gasteiger partial charge in [-0.15, -0.1) is 0 Å². The van der Waals surface area contributed by atoms with Crippen LogP contribution in [0.15, 0.2) is 61.1 Å². The summed E-state index contributed by atoms with van der Waals surface area (Å²) in [6, 6.07) is 11.0. The molecule has 0 spiro atoms. The molecule has 0 bridgehead atoms. The van der Waals surface area contributed by atoms with Crippen molar-refractivity contribution in [3.63, 3.8) is 0 Å². The minimum Gasteiger partial charge on any atom is -0.496 e. The summed E-state index contributed by atoms with van der Waals surface area (Å²) in [7, 11) is 1.57. The Kier molecular flexibility index (Phi) is 7.02. The quantitative estimate of drug-likeness (QED) is 0.569. The first-order valence-corrected chi connectivity index (χ1v) is 8.18. The Morgan fingerprint density at radius 1 is 0.923 bits per heavy atom. The van der Waals surface area contributed by atoms with Crippen molar-refractivity contribution < 1.29 is 18.3 Å². The summed E-state index contributed by atoms with van der Waals surface area (Å²) in [6.07, 6.45) is 2.37. The Hall–Kier alpha value is -3.02. The van der Waals surface area contributed by atoms with E-state index in [1.165, 1.54) is 24.3 Å². The summed E-state index contributed by atoms with van der Waals surface area (Å²) in [6.45, 7) is 4.00. The van der Waals surface area contributed by atoms with Gasteiger partial charge < -0.3 is 9.47 Å². The number of pyridine rings is 2. The third-order valence-electron chi connectivity index (χ3n) is 3.41. The molecule has 0 aliphatic rings. The van der Waals surface area contributed by atoms with Gasteiger partial charge in [-0.25, -0.2) is 13.8 Å². The topological polar surface area (TPSA) is 44.2 Å². The molecule has 0 atom stereocenters. The molecule has 2 aromatic heterocycles. The first-order valence-electron chi connectivity index (χ1n) is 8.18. The first-order chi connectivity index (χ1) is 12.7. The van der Waals surface area contributed by atoms with Crippen LogP contribution in [0.25, 0.3) is 11.1 Å². The van der Waals surface area contributed by atoms with Crippen molar-refractivity contribution in [2.24, 2.45) is 0 Å². The van der Waals surface area contributed by atoms with E-state index in [1.54, 1.807) is 37.8 Å². The van der Waals surface area contributed by atoms with Gasteiger partial charge in [0.1, 0.15) is 11.5 Å². The van der Waals surface area contributed by atoms with E-state index < -0.39 is 6.43 Å². The maximum Gasteiger partial charge on any atom is 0.263 e. The third-order valence-corrected chi connectivity index (χ3v) is 3.41. The Balaban J connectivity index is 0.00000117. The Morgan fingerprint density at radius 3 is 2.31 bits per heavy atom. The average Bonchev–Trinajstić information content (AvgIpc) is 2.70. The fourth-order valence-corrected chi connectivity index (χ4v) is 2.23. The number of alkyl halides is 2. The summed E-state index contributed by atoms with van der Waals surface area (Å²) in [5.41, 5.74) is 1.37. The minimum absolute atomic E-state index is 0.0578. The van der Waals surface area contributed by atoms with Crippen LogP contribution in [0.2, 0.25) is 0 Å². The van der Waals surface area contributed by atoms with E-state index in [1.807, 2.05) is 19.9 Å². The largest absolute Gasteiger partial charge is 0.496 e. The summed E-state index contributed by atoms with van der Waals surface area (Å²) < 4.78 is 36.3. The number of halogens is 2. The molecule has 2 heterocycles. The molecule has 0 saturated heterocycles. The van der Waals surface area contributed by atoms with E-state index in [0.717, 1.165) is 5.56 Å². The zero-order chi connectivity index (χ0) is 18.9. The molecule has 0 amide bonds. The zero-order valence-electron chi connectivity index (χ0n) is 14.8. The SMILES string of the molecule is CC.COc1ccncc1-c1cccnc1Oc1ccc(C(F)F)cc1. The van der Waals surface area contributed by atoms with Crippen LogP contribution in [-0.2, 0) is 0 Å². The third kappa shape index (κ3) is 4.53. The molecule has 0 N–H and O–H groups in total. The highest BCUT2D eigenvalue weighted by molar-refractivity contribution is 5.73. The standard InChI is InChI=1S/C18H14F2N2O2.C2H6/c1-23-16-8-10-21-11-15(16)14-3-2-9-22-18(14)24-13-6-4-12(5-7-13)17(19)20;1-2/h2-11,17H,1H3;1-2H3. The van der Waals surface area contributed by atoms with Crippen LogP contribution in [0, 0.1) is 0 Å². The first kappa shape index (κ1) is 19.3. The van der Waals surface area contributed by atoms with Crippen molar-refractivity contribution >= 4 is 0 Å². The maximum absolute atomic E-state index is 12.6. The van der Waals surface area contributed by atoms with E-state index in [2.05, 4.69) is 9.97 Å². The Morgan fingerprint density at radius 2 is 1.65 bits per heavy atom. The van der Waals surface area contributed by atoms with Crippen LogP contribution < -0.4 is 9.47 Å². The number of hydrogen-bond donors (Lipinski definition) is 0. The molecule has 0 radical (unpaired) electrons. The van der Waals surface area contributed by atoms with E-state index in [-0.39, 0.29) is 5.56 Å². The Labute approximate surface area is 151 Å². The van der Waals surface area contributed by atoms with Crippen molar-refractivity contribution in [2.75, 3.05) is 7.11 Å². The van der Waals surface area contributed by atoms with Crippen molar-refractivity contribution in [1.29, 1.82) is 0 Å². The molecule has 0 unspecified atom stereocenters. The molecule has 136 valence electrons. The van der Waals surface area contributed by atoms with Crippen LogP contribution in [0.4, 0.5) is 8.78 Å². The van der Waals surface area contributed by atoms with E-state index in [9.17, 15) is 8.78 Å². The van der Waals surface area contributed by atoms with Gasteiger partial charge in [-0.1, -0.05) is 13.8 Å². The second-order valence-electron chi connectivity index (χ2n) is 4.90. The normalized spacial score (nSPS) is 10.1. The molecule has 0 fully saturated rings. The summed E-state index contributed by atoms with van der Waals surface area (Å²) >= 11 is 0. The number of ether oxygens (including phenoxy) is 2. The lowest BCUT2D eigenvalue weighted by molar-refractivity contribution is 0.151. The van der Waals surface area contributed by atoms with Gasteiger partial charge in [-0.2, -0.15) is 0 Å². The van der Waals surface area contributed by atoms with E-state index >= 15 is 0 Å². The summed E-state index contributed by atoms with van der Waals surface area (Å²) in [4.78, 5) is 8.33. The van der Waals surface area contributed by atoms with Gasteiger partial charge in [0.05, 0.1) is 7.11 Å². The van der Waals surface area contributed by atoms with Gasteiger partial charge >= 0.3 is 0 Å². The molecule has 0 saturated carbocycles. The molecular formula is C20H20F2N2O2. The van der Waals surface area contributed by atoms with Crippen LogP contribution >= 0.6 is 0 Å². The van der Waals surface area contributed by atoms with Gasteiger partial charge in [0.15, 0.2) is 0 Å². The predicted molar refractivity (Wildman–Crippen MR) is 96.8 cm³/mol. The van der Waals surface area contributed by atoms with Gasteiger partial charge in [0.25, 0.3) is 6.43 Å². The highest BCUT2D eigenvalue weighted by Crippen LogP contribution is 2.36. The Bertz CT molecular complexity index is 824. The van der Waals surface area contributed by atoms with Crippen LogP contribution in [0.5, 0.6) is 17.4 Å². The molecular weight excluding hydrogens is 338 g/mol. The number of rotatable bonds is 5. The molecule has 0 aliphatic carbocycles. The van der Waals surface area contributed by atoms with Gasteiger partial charge in [0, 0.05) is 35.3 Å². The fourth-order valence-electron chi connectivity index (χ4n) is 2.23. The van der Waals surface area contributed by atoms with Gasteiger partial charge in [0.2, 0.25) is 5.88 Å². The molecule has 0 aliphatic heterocycles. The molecule has 3 aromatic rings. The number of benzene rings is 1. The lowest BCUT2D eigenvalue weighted by Crippen LogP contribution is -1.94. The lowest BCUT2D eigenvalue weighted by Gasteiger charge is -2.12. The number of aromatic nitrogens is 2. The van der Waals surface area contributed by atoms with Crippen LogP contribution in [-0.4, -0.2) is 17.1 Å². The van der Waals surface area contributed by atoms with E-state index in [0.29, 0.717) is 22.9 Å². The predicted octanol–water partition coefficient (Wildman–Crippen LogP) is 5.91. The molecule has 6 heteroatoms. The van der Waals surface area contributed by atoms with Crippen LogP contribution in [0.3, 0.4) is 0 Å². The molecule has 3 rings (SSSR count). The van der Waals surface area contributed by atoms with Gasteiger partial charge in [-0.3, -0.25) is 4.98 Å². The van der Waals surface area contributed by atoms with Crippen molar-refractivity contribution in [1.82, 2.24) is 9.97 Å². The van der Waals surface area contributed by atoms with E-state index in [4.69, 9.17) is 9.47 Å². The summed E-state index contributed by atoms with van der Waals surface area (Å²) in [5, 5.41) is 0. The molecule has 1 aromatic carbocycles. The van der Waals surface area contributed by atoms with Crippen molar-refractivity contribution in [3.05, 3.63) is 66.6 Å². The number of hydrogen-bond acceptors (Lipinski definition) is 4. The highest BCUT2D eigenvalue weighted by Gasteiger charge is 2.14. The van der Waals surface area contributed by atoms with Crippen LogP contribution in [0.1, 0.15) is 25.8 Å². The zero-order valence-corrected chi connectivity index (χ0v) is 14.8. The summed E-state index contributed by atoms with van der Waals surface area (Å²) in [5.74, 6) is 1.40. The smallest absolute Gasteiger partial charge is 0.263 e. The molecule has 26 heavy (non-hydrogen) atoms. The van der Waals surface area contributed by atoms with Crippen molar-refractivity contribution in [3.8, 4) is 28.5 Å². The lowest BCUT2D eigenvalue weighted by atomic mass is 10.1. The average molecular weight is 358 g/mol. The van der Waals surface area contributed by atoms with Gasteiger partial charge in [-0.05, 0) is 42.5 Å². The maximum atomic E-state index is 12.6. The fraction of sp³-hybridized carbons (Fsp3) is 0.200. The number of methoxy groups -OCH3 is 1. The monoisotopic (exact) mass is 358 g/mol. The second kappa shape index (κ2) is 9.46.